The van der Waals surface area contributed by atoms with Crippen LogP contribution in [-0.2, 0) is 0 Å². The van der Waals surface area contributed by atoms with Crippen LogP contribution in [0.25, 0.3) is 10.2 Å². The van der Waals surface area contributed by atoms with Crippen LogP contribution in [0.5, 0.6) is 0 Å². The zero-order valence-electron chi connectivity index (χ0n) is 10.9. The predicted octanol–water partition coefficient (Wildman–Crippen LogP) is 4.07. The average Bonchev–Trinajstić information content (AvgIpc) is 2.94. The van der Waals surface area contributed by atoms with Crippen LogP contribution < -0.4 is 4.90 Å². The predicted molar refractivity (Wildman–Crippen MR) is 82.4 cm³/mol. The molecule has 5 heteroatoms. The van der Waals surface area contributed by atoms with Crippen LogP contribution in [0.3, 0.4) is 0 Å². The van der Waals surface area contributed by atoms with E-state index in [4.69, 9.17) is 11.6 Å². The van der Waals surface area contributed by atoms with Gasteiger partial charge in [-0.3, -0.25) is 0 Å². The summed E-state index contributed by atoms with van der Waals surface area (Å²) in [6.07, 6.45) is 8.20. The van der Waals surface area contributed by atoms with Gasteiger partial charge in [-0.2, -0.15) is 0 Å². The van der Waals surface area contributed by atoms with Gasteiger partial charge in [0.2, 0.25) is 0 Å². The Kier molecular flexibility index (Phi) is 4.18. The van der Waals surface area contributed by atoms with Crippen molar-refractivity contribution in [2.75, 3.05) is 17.3 Å². The van der Waals surface area contributed by atoms with Gasteiger partial charge in [-0.15, -0.1) is 22.9 Å². The lowest BCUT2D eigenvalue weighted by molar-refractivity contribution is 0.417. The number of anilines is 1. The monoisotopic (exact) mass is 295 g/mol. The zero-order valence-corrected chi connectivity index (χ0v) is 12.5. The van der Waals surface area contributed by atoms with E-state index in [1.54, 1.807) is 17.7 Å². The first-order chi connectivity index (χ1) is 9.40. The van der Waals surface area contributed by atoms with Crippen LogP contribution in [-0.4, -0.2) is 28.4 Å². The Hall–Kier alpha value is -0.870. The number of fused-ring (bicyclic) bond motifs is 1. The van der Waals surface area contributed by atoms with E-state index in [1.807, 2.05) is 0 Å². The van der Waals surface area contributed by atoms with Crippen LogP contribution in [0.4, 0.5) is 5.82 Å². The molecule has 2 heterocycles. The molecule has 0 spiro atoms. The van der Waals surface area contributed by atoms with Gasteiger partial charge in [0.05, 0.1) is 5.39 Å². The summed E-state index contributed by atoms with van der Waals surface area (Å²) in [5, 5.41) is 3.26. The maximum atomic E-state index is 6.01. The molecule has 3 nitrogen and oxygen atoms in total. The first-order valence-corrected chi connectivity index (χ1v) is 8.32. The molecule has 0 aliphatic heterocycles. The van der Waals surface area contributed by atoms with Gasteiger partial charge in [-0.1, -0.05) is 19.3 Å². The highest BCUT2D eigenvalue weighted by Gasteiger charge is 2.23. The van der Waals surface area contributed by atoms with E-state index in [1.165, 1.54) is 37.5 Å². The van der Waals surface area contributed by atoms with Crippen molar-refractivity contribution in [2.24, 2.45) is 0 Å². The van der Waals surface area contributed by atoms with Crippen LogP contribution in [0, 0.1) is 0 Å². The van der Waals surface area contributed by atoms with Crippen LogP contribution >= 0.6 is 22.9 Å². The fourth-order valence-electron chi connectivity index (χ4n) is 2.95. The van der Waals surface area contributed by atoms with Gasteiger partial charge in [0.25, 0.3) is 0 Å². The molecule has 1 aliphatic rings. The minimum Gasteiger partial charge on any atom is -0.352 e. The quantitative estimate of drug-likeness (QED) is 0.796. The van der Waals surface area contributed by atoms with Gasteiger partial charge in [0, 0.05) is 18.5 Å². The Morgan fingerprint density at radius 1 is 1.26 bits per heavy atom. The molecule has 2 aromatic heterocycles. The molecule has 19 heavy (non-hydrogen) atoms. The summed E-state index contributed by atoms with van der Waals surface area (Å²) in [7, 11) is 0. The summed E-state index contributed by atoms with van der Waals surface area (Å²) >= 11 is 7.68. The molecular weight excluding hydrogens is 278 g/mol. The Labute approximate surface area is 122 Å². The first kappa shape index (κ1) is 13.1. The van der Waals surface area contributed by atoms with Crippen molar-refractivity contribution in [3.8, 4) is 0 Å². The van der Waals surface area contributed by atoms with Gasteiger partial charge in [-0.05, 0) is 24.3 Å². The summed E-state index contributed by atoms with van der Waals surface area (Å²) < 4.78 is 0. The normalized spacial score (nSPS) is 16.9. The van der Waals surface area contributed by atoms with Crippen molar-refractivity contribution in [1.82, 2.24) is 9.97 Å². The summed E-state index contributed by atoms with van der Waals surface area (Å²) in [4.78, 5) is 12.3. The van der Waals surface area contributed by atoms with Crippen LogP contribution in [0.1, 0.15) is 32.1 Å². The summed E-state index contributed by atoms with van der Waals surface area (Å²) in [6.45, 7) is 0.869. The van der Waals surface area contributed by atoms with E-state index < -0.39 is 0 Å². The Balaban J connectivity index is 1.96. The topological polar surface area (TPSA) is 29.0 Å². The van der Waals surface area contributed by atoms with E-state index >= 15 is 0 Å². The van der Waals surface area contributed by atoms with Crippen LogP contribution in [0.2, 0.25) is 0 Å². The van der Waals surface area contributed by atoms with E-state index in [9.17, 15) is 0 Å². The smallest absolute Gasteiger partial charge is 0.141 e. The number of alkyl halides is 1. The lowest BCUT2D eigenvalue weighted by Gasteiger charge is -2.35. The molecule has 1 fully saturated rings. The largest absolute Gasteiger partial charge is 0.352 e. The molecule has 1 aliphatic carbocycles. The maximum absolute atomic E-state index is 6.01. The van der Waals surface area contributed by atoms with Crippen molar-refractivity contribution in [3.63, 3.8) is 0 Å². The second kappa shape index (κ2) is 6.06. The van der Waals surface area contributed by atoms with Crippen molar-refractivity contribution in [3.05, 3.63) is 17.8 Å². The third-order valence-electron chi connectivity index (χ3n) is 3.85. The molecule has 0 saturated heterocycles. The van der Waals surface area contributed by atoms with Crippen molar-refractivity contribution in [1.29, 1.82) is 0 Å². The third-order valence-corrected chi connectivity index (χ3v) is 4.84. The molecule has 3 rings (SSSR count). The van der Waals surface area contributed by atoms with E-state index in [0.717, 1.165) is 17.2 Å². The SMILES string of the molecule is ClCCN(c1ncnc2sccc12)C1CCCCC1. The van der Waals surface area contributed by atoms with E-state index in [0.29, 0.717) is 11.9 Å². The minimum atomic E-state index is 0.588. The summed E-state index contributed by atoms with van der Waals surface area (Å²) in [6, 6.07) is 2.71. The van der Waals surface area contributed by atoms with Gasteiger partial charge < -0.3 is 4.90 Å². The maximum Gasteiger partial charge on any atom is 0.141 e. The van der Waals surface area contributed by atoms with Gasteiger partial charge >= 0.3 is 0 Å². The van der Waals surface area contributed by atoms with Gasteiger partial charge in [-0.25, -0.2) is 9.97 Å². The van der Waals surface area contributed by atoms with Crippen LogP contribution in [0.15, 0.2) is 17.8 Å². The molecule has 0 radical (unpaired) electrons. The Morgan fingerprint density at radius 2 is 2.11 bits per heavy atom. The third kappa shape index (κ3) is 2.70. The fourth-order valence-corrected chi connectivity index (χ4v) is 3.86. The van der Waals surface area contributed by atoms with Crippen molar-refractivity contribution < 1.29 is 0 Å². The fraction of sp³-hybridized carbons (Fsp3) is 0.571. The van der Waals surface area contributed by atoms with Gasteiger partial charge in [0.15, 0.2) is 0 Å². The molecule has 0 unspecified atom stereocenters. The summed E-state index contributed by atoms with van der Waals surface area (Å²) in [5.74, 6) is 1.71. The first-order valence-electron chi connectivity index (χ1n) is 6.91. The molecule has 0 atom stereocenters. The number of aromatic nitrogens is 2. The molecule has 0 bridgehead atoms. The number of halogens is 1. The highest BCUT2D eigenvalue weighted by molar-refractivity contribution is 7.16. The van der Waals surface area contributed by atoms with E-state index in [-0.39, 0.29) is 0 Å². The number of nitrogens with zero attached hydrogens (tertiary/aromatic N) is 3. The highest BCUT2D eigenvalue weighted by Crippen LogP contribution is 2.31. The van der Waals surface area contributed by atoms with Gasteiger partial charge in [0.1, 0.15) is 17.0 Å². The van der Waals surface area contributed by atoms with Crippen molar-refractivity contribution in [2.45, 2.75) is 38.1 Å². The standard InChI is InChI=1S/C14H18ClN3S/c15-7-8-18(11-4-2-1-3-5-11)13-12-6-9-19-14(12)17-10-16-13/h6,9-11H,1-5,7-8H2. The molecule has 0 N–H and O–H groups in total. The molecular formula is C14H18ClN3S. The lowest BCUT2D eigenvalue weighted by atomic mass is 9.94. The number of hydrogen-bond acceptors (Lipinski definition) is 4. The number of thiophene rings is 1. The Morgan fingerprint density at radius 3 is 2.89 bits per heavy atom. The van der Waals surface area contributed by atoms with E-state index in [2.05, 4.69) is 26.3 Å². The second-order valence-corrected chi connectivity index (χ2v) is 6.28. The second-order valence-electron chi connectivity index (χ2n) is 5.01. The molecule has 0 amide bonds. The molecule has 0 aromatic carbocycles. The minimum absolute atomic E-state index is 0.588. The van der Waals surface area contributed by atoms with Crippen molar-refractivity contribution >= 4 is 39.0 Å². The molecule has 1 saturated carbocycles. The summed E-state index contributed by atoms with van der Waals surface area (Å²) in [5.41, 5.74) is 0. The number of hydrogen-bond donors (Lipinski definition) is 0. The highest BCUT2D eigenvalue weighted by atomic mass is 35.5. The number of rotatable bonds is 4. The molecule has 102 valence electrons. The molecule has 2 aromatic rings. The Bertz CT molecular complexity index is 536. The lowest BCUT2D eigenvalue weighted by Crippen LogP contribution is -2.38. The average molecular weight is 296 g/mol. The zero-order chi connectivity index (χ0) is 13.1.